The summed E-state index contributed by atoms with van der Waals surface area (Å²) in [7, 11) is 1.20. The second-order valence-corrected chi connectivity index (χ2v) is 11.9. The fraction of sp³-hybridized carbons (Fsp3) is 0.667. The van der Waals surface area contributed by atoms with Crippen LogP contribution in [0, 0.1) is 28.6 Å². The highest BCUT2D eigenvalue weighted by Gasteiger charge is 2.77. The number of ether oxygens (including phenoxy) is 2. The number of hydrogen-bond acceptors (Lipinski definition) is 9. The van der Waals surface area contributed by atoms with Crippen molar-refractivity contribution in [2.75, 3.05) is 13.7 Å². The van der Waals surface area contributed by atoms with Gasteiger partial charge in [0.05, 0.1) is 30.9 Å². The number of carbonyl (C=O) groups excluding carboxylic acids is 5. The Kier molecular flexibility index (Phi) is 6.83. The van der Waals surface area contributed by atoms with Crippen LogP contribution in [-0.2, 0) is 33.4 Å². The number of aliphatic hydroxyl groups is 2. The van der Waals surface area contributed by atoms with E-state index in [4.69, 9.17) is 16.3 Å². The molecule has 4 aliphatic rings. The second-order valence-electron chi connectivity index (χ2n) is 11.2. The summed E-state index contributed by atoms with van der Waals surface area (Å²) < 4.78 is 10.5. The molecule has 8 atom stereocenters. The maximum Gasteiger partial charge on any atom is 0.307 e. The molecular formula is C27H33ClO9. The standard InChI is InChI=1S/C27H33ClO9/c1-14-9-16-17-11-19(31)18-10-15(30)7-8-24(18,2)26(17,28)20(32)12-25(16,3)27(14,21(33)13-29)37-23(35)6-5-22(34)36-4/h7-8,10,14,16-17,20,29,32H,5-6,9,11-13H2,1-4H3/t14?,16-,17-,20?,24-,25-,26-,27-/m0/s1. The minimum atomic E-state index is -1.79. The number of esters is 2. The van der Waals surface area contributed by atoms with E-state index in [2.05, 4.69) is 4.74 Å². The van der Waals surface area contributed by atoms with Crippen molar-refractivity contribution in [3.05, 3.63) is 23.8 Å². The van der Waals surface area contributed by atoms with Gasteiger partial charge in [-0.15, -0.1) is 11.6 Å². The van der Waals surface area contributed by atoms with Gasteiger partial charge >= 0.3 is 11.9 Å². The van der Waals surface area contributed by atoms with Crippen molar-refractivity contribution in [1.82, 2.24) is 0 Å². The number of halogens is 1. The first-order valence-electron chi connectivity index (χ1n) is 12.5. The lowest BCUT2D eigenvalue weighted by atomic mass is 9.45. The average Bonchev–Trinajstić information content (AvgIpc) is 3.07. The molecule has 9 nitrogen and oxygen atoms in total. The fourth-order valence-corrected chi connectivity index (χ4v) is 8.35. The maximum absolute atomic E-state index is 13.4. The first-order valence-corrected chi connectivity index (χ1v) is 12.9. The third-order valence-electron chi connectivity index (χ3n) is 9.62. The number of Topliss-reactive ketones (excluding diaryl/α,β-unsaturated/α-hetero) is 2. The Labute approximate surface area is 220 Å². The molecule has 3 saturated carbocycles. The quantitative estimate of drug-likeness (QED) is 0.383. The van der Waals surface area contributed by atoms with Gasteiger partial charge in [-0.25, -0.2) is 0 Å². The molecule has 0 aromatic rings. The minimum Gasteiger partial charge on any atom is -0.469 e. The molecular weight excluding hydrogens is 504 g/mol. The van der Waals surface area contributed by atoms with E-state index < -0.39 is 69.5 Å². The van der Waals surface area contributed by atoms with Gasteiger partial charge < -0.3 is 19.7 Å². The first-order chi connectivity index (χ1) is 17.2. The summed E-state index contributed by atoms with van der Waals surface area (Å²) in [6, 6.07) is 0. The lowest BCUT2D eigenvalue weighted by Gasteiger charge is -2.63. The zero-order chi connectivity index (χ0) is 27.6. The smallest absolute Gasteiger partial charge is 0.307 e. The third kappa shape index (κ3) is 3.61. The van der Waals surface area contributed by atoms with Crippen molar-refractivity contribution in [2.24, 2.45) is 28.6 Å². The van der Waals surface area contributed by atoms with Crippen LogP contribution in [0.25, 0.3) is 0 Å². The van der Waals surface area contributed by atoms with Gasteiger partial charge in [0.15, 0.2) is 17.2 Å². The molecule has 0 aliphatic heterocycles. The second kappa shape index (κ2) is 9.13. The molecule has 2 unspecified atom stereocenters. The molecule has 4 rings (SSSR count). The summed E-state index contributed by atoms with van der Waals surface area (Å²) in [5.74, 6) is -4.31. The molecule has 0 heterocycles. The molecule has 2 N–H and O–H groups in total. The SMILES string of the molecule is COC(=O)CCC(=O)O[C@]1(C(=O)CO)C(C)C[C@H]2[C@@H]3CC(=O)C4=CC(=O)C=C[C@]4(C)[C@@]3(Cl)C(O)C[C@@]21C. The number of aliphatic hydroxyl groups excluding tert-OH is 2. The van der Waals surface area contributed by atoms with Crippen LogP contribution in [-0.4, -0.2) is 69.8 Å². The molecule has 0 spiro atoms. The van der Waals surface area contributed by atoms with Crippen molar-refractivity contribution < 1.29 is 43.7 Å². The Morgan fingerprint density at radius 1 is 1.14 bits per heavy atom. The molecule has 3 fully saturated rings. The number of allylic oxidation sites excluding steroid dienone is 4. The van der Waals surface area contributed by atoms with Crippen molar-refractivity contribution in [2.45, 2.75) is 69.5 Å². The molecule has 0 aromatic carbocycles. The summed E-state index contributed by atoms with van der Waals surface area (Å²) in [5, 5.41) is 21.6. The predicted octanol–water partition coefficient (Wildman–Crippen LogP) is 1.85. The van der Waals surface area contributed by atoms with Gasteiger partial charge in [-0.05, 0) is 36.8 Å². The van der Waals surface area contributed by atoms with Gasteiger partial charge in [-0.2, -0.15) is 0 Å². The molecule has 37 heavy (non-hydrogen) atoms. The average molecular weight is 537 g/mol. The number of rotatable bonds is 6. The first kappa shape index (κ1) is 27.7. The van der Waals surface area contributed by atoms with Crippen LogP contribution >= 0.6 is 11.6 Å². The van der Waals surface area contributed by atoms with Crippen molar-refractivity contribution in [1.29, 1.82) is 0 Å². The highest BCUT2D eigenvalue weighted by molar-refractivity contribution is 6.28. The van der Waals surface area contributed by atoms with Gasteiger partial charge in [-0.1, -0.05) is 26.8 Å². The van der Waals surface area contributed by atoms with Crippen LogP contribution in [0.5, 0.6) is 0 Å². The monoisotopic (exact) mass is 536 g/mol. The summed E-state index contributed by atoms with van der Waals surface area (Å²) in [6.07, 6.45) is 2.67. The van der Waals surface area contributed by atoms with Gasteiger partial charge in [0, 0.05) is 28.7 Å². The maximum atomic E-state index is 13.4. The molecule has 10 heteroatoms. The van der Waals surface area contributed by atoms with E-state index >= 15 is 0 Å². The minimum absolute atomic E-state index is 0.0448. The van der Waals surface area contributed by atoms with Crippen molar-refractivity contribution >= 4 is 40.9 Å². The molecule has 4 aliphatic carbocycles. The lowest BCUT2D eigenvalue weighted by Crippen LogP contribution is -2.70. The zero-order valence-corrected chi connectivity index (χ0v) is 22.2. The van der Waals surface area contributed by atoms with Crippen LogP contribution in [0.1, 0.15) is 52.9 Å². The van der Waals surface area contributed by atoms with E-state index in [9.17, 15) is 34.2 Å². The Morgan fingerprint density at radius 2 is 1.78 bits per heavy atom. The Bertz CT molecular complexity index is 1130. The predicted molar refractivity (Wildman–Crippen MR) is 130 cm³/mol. The van der Waals surface area contributed by atoms with Gasteiger partial charge in [0.2, 0.25) is 5.78 Å². The topological polar surface area (TPSA) is 144 Å². The normalized spacial score (nSPS) is 42.3. The van der Waals surface area contributed by atoms with Crippen molar-refractivity contribution in [3.63, 3.8) is 0 Å². The lowest BCUT2D eigenvalue weighted by molar-refractivity contribution is -0.203. The molecule has 0 saturated heterocycles. The Morgan fingerprint density at radius 3 is 2.41 bits per heavy atom. The van der Waals surface area contributed by atoms with Gasteiger partial charge in [0.25, 0.3) is 0 Å². The van der Waals surface area contributed by atoms with Crippen LogP contribution < -0.4 is 0 Å². The molecule has 0 amide bonds. The molecule has 202 valence electrons. The van der Waals surface area contributed by atoms with Crippen LogP contribution in [0.15, 0.2) is 23.8 Å². The summed E-state index contributed by atoms with van der Waals surface area (Å²) in [4.78, 5) is 61.9. The Hall–Kier alpha value is -2.36. The number of carbonyl (C=O) groups is 5. The highest BCUT2D eigenvalue weighted by Crippen LogP contribution is 2.71. The van der Waals surface area contributed by atoms with Crippen LogP contribution in [0.3, 0.4) is 0 Å². The zero-order valence-electron chi connectivity index (χ0n) is 21.4. The van der Waals surface area contributed by atoms with E-state index in [1.807, 2.05) is 0 Å². The third-order valence-corrected chi connectivity index (χ3v) is 10.5. The highest BCUT2D eigenvalue weighted by atomic mass is 35.5. The van der Waals surface area contributed by atoms with Crippen LogP contribution in [0.4, 0.5) is 0 Å². The van der Waals surface area contributed by atoms with E-state index in [1.54, 1.807) is 26.8 Å². The molecule has 0 bridgehead atoms. The van der Waals surface area contributed by atoms with Gasteiger partial charge in [0.1, 0.15) is 6.61 Å². The molecule has 0 aromatic heterocycles. The summed E-state index contributed by atoms with van der Waals surface area (Å²) in [6.45, 7) is 4.32. The number of fused-ring (bicyclic) bond motifs is 5. The van der Waals surface area contributed by atoms with E-state index in [0.717, 1.165) is 0 Å². The van der Waals surface area contributed by atoms with Gasteiger partial charge in [-0.3, -0.25) is 24.0 Å². The van der Waals surface area contributed by atoms with E-state index in [0.29, 0.717) is 6.42 Å². The molecule has 0 radical (unpaired) electrons. The number of ketones is 3. The van der Waals surface area contributed by atoms with Crippen LogP contribution in [0.2, 0.25) is 0 Å². The number of alkyl halides is 1. The number of hydrogen-bond donors (Lipinski definition) is 2. The summed E-state index contributed by atoms with van der Waals surface area (Å²) >= 11 is 7.35. The fourth-order valence-electron chi connectivity index (χ4n) is 7.88. The number of methoxy groups -OCH3 is 1. The Balaban J connectivity index is 1.79. The van der Waals surface area contributed by atoms with E-state index in [-0.39, 0.29) is 42.8 Å². The summed E-state index contributed by atoms with van der Waals surface area (Å²) in [5.41, 5.74) is -3.83. The van der Waals surface area contributed by atoms with E-state index in [1.165, 1.54) is 19.3 Å². The largest absolute Gasteiger partial charge is 0.469 e. The van der Waals surface area contributed by atoms with Crippen molar-refractivity contribution in [3.8, 4) is 0 Å².